The number of likely N-dealkylation sites (tertiary alicyclic amines) is 1. The van der Waals surface area contributed by atoms with Crippen molar-refractivity contribution in [3.63, 3.8) is 0 Å². The summed E-state index contributed by atoms with van der Waals surface area (Å²) in [7, 11) is 0. The van der Waals surface area contributed by atoms with Crippen LogP contribution in [0, 0.1) is 11.3 Å². The summed E-state index contributed by atoms with van der Waals surface area (Å²) >= 11 is 8.03. The average molecular weight is 346 g/mol. The third-order valence-electron chi connectivity index (χ3n) is 4.39. The smallest absolute Gasteiger partial charge is 0.101 e. The van der Waals surface area contributed by atoms with E-state index in [1.807, 2.05) is 29.5 Å². The predicted octanol–water partition coefficient (Wildman–Crippen LogP) is 4.37. The molecule has 1 aliphatic heterocycles. The van der Waals surface area contributed by atoms with Crippen molar-refractivity contribution in [3.05, 3.63) is 51.2 Å². The Morgan fingerprint density at radius 2 is 2.30 bits per heavy atom. The molecule has 1 aromatic heterocycles. The van der Waals surface area contributed by atoms with Gasteiger partial charge in [0, 0.05) is 42.8 Å². The van der Waals surface area contributed by atoms with Gasteiger partial charge in [-0.2, -0.15) is 5.26 Å². The summed E-state index contributed by atoms with van der Waals surface area (Å²) in [5.74, 6) is 0. The fraction of sp³-hybridized carbons (Fsp3) is 0.389. The van der Waals surface area contributed by atoms with Crippen molar-refractivity contribution in [1.82, 2.24) is 4.90 Å². The van der Waals surface area contributed by atoms with Gasteiger partial charge in [0.25, 0.3) is 0 Å². The number of nitriles is 1. The van der Waals surface area contributed by atoms with Gasteiger partial charge in [-0.1, -0.05) is 17.7 Å². The summed E-state index contributed by atoms with van der Waals surface area (Å²) in [4.78, 5) is 6.35. The maximum absolute atomic E-state index is 9.02. The van der Waals surface area contributed by atoms with Gasteiger partial charge in [0.2, 0.25) is 0 Å². The zero-order valence-corrected chi connectivity index (χ0v) is 14.8. The number of hydrogen-bond acceptors (Lipinski definition) is 4. The first-order valence-corrected chi connectivity index (χ1v) is 9.18. The summed E-state index contributed by atoms with van der Waals surface area (Å²) in [6, 6.07) is 12.7. The van der Waals surface area contributed by atoms with E-state index in [0.29, 0.717) is 16.6 Å². The Morgan fingerprint density at radius 3 is 2.96 bits per heavy atom. The van der Waals surface area contributed by atoms with Crippen molar-refractivity contribution in [2.75, 3.05) is 24.5 Å². The van der Waals surface area contributed by atoms with Crippen LogP contribution in [0.15, 0.2) is 35.7 Å². The Hall–Kier alpha value is -1.54. The summed E-state index contributed by atoms with van der Waals surface area (Å²) < 4.78 is 0. The minimum Gasteiger partial charge on any atom is -0.367 e. The van der Waals surface area contributed by atoms with Crippen molar-refractivity contribution in [2.24, 2.45) is 0 Å². The van der Waals surface area contributed by atoms with Gasteiger partial charge in [0.05, 0.1) is 10.6 Å². The third kappa shape index (κ3) is 3.69. The second-order valence-corrected chi connectivity index (χ2v) is 7.26. The first kappa shape index (κ1) is 16.3. The number of thiophene rings is 1. The standard InChI is InChI=1S/C18H20ClN3S/c1-2-22(15-6-5-14(11-20)18(19)10-15)16-7-8-21(12-16)13-17-4-3-9-23-17/h3-6,9-10,16H,2,7-8,12-13H2,1H3/t16-/m0/s1. The van der Waals surface area contributed by atoms with Crippen LogP contribution in [0.2, 0.25) is 5.02 Å². The molecule has 2 aromatic rings. The molecular weight excluding hydrogens is 326 g/mol. The molecular formula is C18H20ClN3S. The highest BCUT2D eigenvalue weighted by Gasteiger charge is 2.27. The van der Waals surface area contributed by atoms with Crippen LogP contribution in [0.4, 0.5) is 5.69 Å². The van der Waals surface area contributed by atoms with Gasteiger partial charge in [0.15, 0.2) is 0 Å². The van der Waals surface area contributed by atoms with Gasteiger partial charge in [-0.25, -0.2) is 0 Å². The van der Waals surface area contributed by atoms with Crippen LogP contribution in [0.5, 0.6) is 0 Å². The first-order valence-electron chi connectivity index (χ1n) is 7.92. The molecule has 3 nitrogen and oxygen atoms in total. The Bertz CT molecular complexity index is 693. The molecule has 1 aliphatic rings. The summed E-state index contributed by atoms with van der Waals surface area (Å²) in [6.45, 7) is 6.36. The number of rotatable bonds is 5. The second kappa shape index (κ2) is 7.35. The molecule has 5 heteroatoms. The first-order chi connectivity index (χ1) is 11.2. The van der Waals surface area contributed by atoms with Gasteiger partial charge < -0.3 is 4.90 Å². The van der Waals surface area contributed by atoms with Crippen molar-refractivity contribution in [1.29, 1.82) is 5.26 Å². The lowest BCUT2D eigenvalue weighted by Gasteiger charge is -2.30. The van der Waals surface area contributed by atoms with Gasteiger partial charge >= 0.3 is 0 Å². The van der Waals surface area contributed by atoms with E-state index in [9.17, 15) is 0 Å². The molecule has 23 heavy (non-hydrogen) atoms. The van der Waals surface area contributed by atoms with Crippen LogP contribution in [-0.2, 0) is 6.54 Å². The number of halogens is 1. The van der Waals surface area contributed by atoms with E-state index in [-0.39, 0.29) is 0 Å². The Balaban J connectivity index is 1.69. The molecule has 1 atom stereocenters. The monoisotopic (exact) mass is 345 g/mol. The number of hydrogen-bond donors (Lipinski definition) is 0. The molecule has 0 amide bonds. The van der Waals surface area contributed by atoms with E-state index < -0.39 is 0 Å². The van der Waals surface area contributed by atoms with Gasteiger partial charge in [-0.3, -0.25) is 4.90 Å². The Labute approximate surface area is 146 Å². The molecule has 0 bridgehead atoms. The third-order valence-corrected chi connectivity index (χ3v) is 5.57. The molecule has 1 saturated heterocycles. The average Bonchev–Trinajstić information content (AvgIpc) is 3.21. The van der Waals surface area contributed by atoms with E-state index >= 15 is 0 Å². The normalized spacial score (nSPS) is 18.0. The van der Waals surface area contributed by atoms with E-state index in [1.165, 1.54) is 4.88 Å². The molecule has 0 spiro atoms. The highest BCUT2D eigenvalue weighted by atomic mass is 35.5. The predicted molar refractivity (Wildman–Crippen MR) is 97.2 cm³/mol. The SMILES string of the molecule is CCN(c1ccc(C#N)c(Cl)c1)[C@H]1CCN(Cc2cccs2)C1. The molecule has 0 aliphatic carbocycles. The zero-order valence-electron chi connectivity index (χ0n) is 13.2. The number of nitrogens with zero attached hydrogens (tertiary/aromatic N) is 3. The molecule has 0 N–H and O–H groups in total. The van der Waals surface area contributed by atoms with Crippen LogP contribution >= 0.6 is 22.9 Å². The number of likely N-dealkylation sites (N-methyl/N-ethyl adjacent to an activating group) is 1. The minimum absolute atomic E-state index is 0.504. The van der Waals surface area contributed by atoms with Crippen molar-refractivity contribution in [3.8, 4) is 6.07 Å². The van der Waals surface area contributed by atoms with E-state index in [4.69, 9.17) is 16.9 Å². The minimum atomic E-state index is 0.504. The lowest BCUT2D eigenvalue weighted by atomic mass is 10.1. The molecule has 1 aromatic carbocycles. The molecule has 2 heterocycles. The van der Waals surface area contributed by atoms with Gasteiger partial charge in [-0.05, 0) is 43.0 Å². The van der Waals surface area contributed by atoms with Crippen molar-refractivity contribution < 1.29 is 0 Å². The largest absolute Gasteiger partial charge is 0.367 e. The van der Waals surface area contributed by atoms with Crippen LogP contribution in [0.25, 0.3) is 0 Å². The highest BCUT2D eigenvalue weighted by molar-refractivity contribution is 7.09. The Kier molecular flexibility index (Phi) is 5.22. The maximum atomic E-state index is 9.02. The van der Waals surface area contributed by atoms with E-state index in [2.05, 4.69) is 40.3 Å². The molecule has 0 unspecified atom stereocenters. The van der Waals surface area contributed by atoms with Crippen LogP contribution in [-0.4, -0.2) is 30.6 Å². The van der Waals surface area contributed by atoms with Gasteiger partial charge in [-0.15, -0.1) is 11.3 Å². The van der Waals surface area contributed by atoms with Crippen LogP contribution in [0.3, 0.4) is 0 Å². The van der Waals surface area contributed by atoms with Crippen LogP contribution in [0.1, 0.15) is 23.8 Å². The fourth-order valence-corrected chi connectivity index (χ4v) is 4.22. The molecule has 0 radical (unpaired) electrons. The number of anilines is 1. The second-order valence-electron chi connectivity index (χ2n) is 5.82. The summed E-state index contributed by atoms with van der Waals surface area (Å²) in [5, 5.41) is 11.7. The van der Waals surface area contributed by atoms with Gasteiger partial charge in [0.1, 0.15) is 6.07 Å². The summed E-state index contributed by atoms with van der Waals surface area (Å²) in [5.41, 5.74) is 1.65. The quantitative estimate of drug-likeness (QED) is 0.805. The van der Waals surface area contributed by atoms with Crippen LogP contribution < -0.4 is 4.90 Å². The Morgan fingerprint density at radius 1 is 1.43 bits per heavy atom. The van der Waals surface area contributed by atoms with Crippen molar-refractivity contribution >= 4 is 28.6 Å². The topological polar surface area (TPSA) is 30.3 Å². The zero-order chi connectivity index (χ0) is 16.2. The lowest BCUT2D eigenvalue weighted by Crippen LogP contribution is -2.37. The van der Waals surface area contributed by atoms with E-state index in [1.54, 1.807) is 0 Å². The molecule has 1 fully saturated rings. The molecule has 0 saturated carbocycles. The molecule has 3 rings (SSSR count). The fourth-order valence-electron chi connectivity index (χ4n) is 3.26. The lowest BCUT2D eigenvalue weighted by molar-refractivity contribution is 0.328. The molecule has 120 valence electrons. The highest BCUT2D eigenvalue weighted by Crippen LogP contribution is 2.28. The summed E-state index contributed by atoms with van der Waals surface area (Å²) in [6.07, 6.45) is 1.16. The van der Waals surface area contributed by atoms with E-state index in [0.717, 1.165) is 38.3 Å². The maximum Gasteiger partial charge on any atom is 0.101 e. The van der Waals surface area contributed by atoms with Crippen molar-refractivity contribution in [2.45, 2.75) is 25.9 Å². The number of benzene rings is 1.